The van der Waals surface area contributed by atoms with Gasteiger partial charge in [0.2, 0.25) is 5.91 Å². The molecule has 3 N–H and O–H groups in total. The van der Waals surface area contributed by atoms with Gasteiger partial charge in [0.1, 0.15) is 0 Å². The van der Waals surface area contributed by atoms with Crippen molar-refractivity contribution in [3.05, 3.63) is 52.2 Å². The molecule has 7 heteroatoms. The van der Waals surface area contributed by atoms with E-state index in [4.69, 9.17) is 0 Å². The van der Waals surface area contributed by atoms with Gasteiger partial charge >= 0.3 is 0 Å². The molecule has 0 radical (unpaired) electrons. The van der Waals surface area contributed by atoms with Crippen LogP contribution in [0.3, 0.4) is 0 Å². The Balaban J connectivity index is 0.00000338. The van der Waals surface area contributed by atoms with Gasteiger partial charge in [0.25, 0.3) is 0 Å². The van der Waals surface area contributed by atoms with Gasteiger partial charge in [-0.2, -0.15) is 11.3 Å². The van der Waals surface area contributed by atoms with Crippen molar-refractivity contribution in [3.8, 4) is 0 Å². The molecule has 1 aromatic heterocycles. The Morgan fingerprint density at radius 1 is 1.27 bits per heavy atom. The molecule has 0 saturated heterocycles. The highest BCUT2D eigenvalue weighted by molar-refractivity contribution is 14.0. The molecule has 1 aromatic carbocycles. The second kappa shape index (κ2) is 11.9. The lowest BCUT2D eigenvalue weighted by molar-refractivity contribution is -0.114. The summed E-state index contributed by atoms with van der Waals surface area (Å²) in [6, 6.07) is 9.92. The fourth-order valence-corrected chi connectivity index (χ4v) is 3.17. The van der Waals surface area contributed by atoms with Crippen LogP contribution in [0.25, 0.3) is 0 Å². The zero-order valence-electron chi connectivity index (χ0n) is 15.4. The van der Waals surface area contributed by atoms with Crippen molar-refractivity contribution in [1.29, 1.82) is 0 Å². The summed E-state index contributed by atoms with van der Waals surface area (Å²) in [7, 11) is 0. The van der Waals surface area contributed by atoms with Crippen LogP contribution < -0.4 is 16.0 Å². The third-order valence-corrected chi connectivity index (χ3v) is 4.40. The van der Waals surface area contributed by atoms with Gasteiger partial charge in [-0.05, 0) is 52.9 Å². The van der Waals surface area contributed by atoms with E-state index in [-0.39, 0.29) is 29.9 Å². The van der Waals surface area contributed by atoms with E-state index in [0.717, 1.165) is 30.3 Å². The lowest BCUT2D eigenvalue weighted by Gasteiger charge is -2.15. The summed E-state index contributed by atoms with van der Waals surface area (Å²) >= 11 is 1.72. The van der Waals surface area contributed by atoms with Gasteiger partial charge in [-0.3, -0.25) is 4.79 Å². The summed E-state index contributed by atoms with van der Waals surface area (Å²) in [5.74, 6) is 1.16. The predicted octanol–water partition coefficient (Wildman–Crippen LogP) is 4.18. The van der Waals surface area contributed by atoms with E-state index >= 15 is 0 Å². The number of thiophene rings is 1. The first-order valence-corrected chi connectivity index (χ1v) is 9.43. The highest BCUT2D eigenvalue weighted by Crippen LogP contribution is 2.17. The topological polar surface area (TPSA) is 65.5 Å². The summed E-state index contributed by atoms with van der Waals surface area (Å²) < 4.78 is 0. The zero-order valence-corrected chi connectivity index (χ0v) is 18.6. The van der Waals surface area contributed by atoms with Crippen molar-refractivity contribution in [3.63, 3.8) is 0 Å². The molecule has 1 amide bonds. The van der Waals surface area contributed by atoms with Gasteiger partial charge in [0, 0.05) is 25.7 Å². The van der Waals surface area contributed by atoms with Crippen molar-refractivity contribution in [2.45, 2.75) is 33.2 Å². The minimum atomic E-state index is -0.0712. The largest absolute Gasteiger partial charge is 0.357 e. The quantitative estimate of drug-likeness (QED) is 0.313. The number of benzene rings is 1. The zero-order chi connectivity index (χ0) is 18.1. The minimum Gasteiger partial charge on any atom is -0.357 e. The van der Waals surface area contributed by atoms with E-state index in [9.17, 15) is 4.79 Å². The number of carbonyl (C=O) groups is 1. The molecule has 0 aliphatic heterocycles. The number of rotatable bonds is 7. The molecular formula is C19H27IN4OS. The Hall–Kier alpha value is -1.61. The van der Waals surface area contributed by atoms with Crippen LogP contribution in [0.4, 0.5) is 5.69 Å². The molecule has 1 unspecified atom stereocenters. The van der Waals surface area contributed by atoms with Crippen LogP contribution in [0, 0.1) is 0 Å². The van der Waals surface area contributed by atoms with Crippen LogP contribution in [-0.2, 0) is 11.3 Å². The maximum Gasteiger partial charge on any atom is 0.221 e. The SMILES string of the molecule is CCNC(=NCc1cccc(NC(C)=O)c1)NCC(C)c1ccsc1.I. The number of nitrogens with zero attached hydrogens (tertiary/aromatic N) is 1. The normalized spacial score (nSPS) is 12.0. The van der Waals surface area contributed by atoms with Gasteiger partial charge in [0.15, 0.2) is 5.96 Å². The Morgan fingerprint density at radius 2 is 2.08 bits per heavy atom. The fraction of sp³-hybridized carbons (Fsp3) is 0.368. The number of aliphatic imine (C=N–C) groups is 1. The third-order valence-electron chi connectivity index (χ3n) is 3.70. The maximum absolute atomic E-state index is 11.2. The number of amides is 1. The lowest BCUT2D eigenvalue weighted by atomic mass is 10.1. The molecule has 0 fully saturated rings. The molecular weight excluding hydrogens is 459 g/mol. The Morgan fingerprint density at radius 3 is 2.73 bits per heavy atom. The first kappa shape index (κ1) is 22.4. The monoisotopic (exact) mass is 486 g/mol. The summed E-state index contributed by atoms with van der Waals surface area (Å²) in [5, 5.41) is 13.8. The summed E-state index contributed by atoms with van der Waals surface area (Å²) in [4.78, 5) is 15.8. The van der Waals surface area contributed by atoms with E-state index in [1.807, 2.05) is 24.3 Å². The Labute approximate surface area is 176 Å². The fourth-order valence-electron chi connectivity index (χ4n) is 2.39. The molecule has 0 aliphatic rings. The number of halogens is 1. The van der Waals surface area contributed by atoms with E-state index in [1.165, 1.54) is 12.5 Å². The molecule has 142 valence electrons. The number of guanidine groups is 1. The molecule has 0 bridgehead atoms. The van der Waals surface area contributed by atoms with Crippen LogP contribution in [0.2, 0.25) is 0 Å². The summed E-state index contributed by atoms with van der Waals surface area (Å²) in [6.45, 7) is 7.95. The van der Waals surface area contributed by atoms with Crippen molar-refractivity contribution in [2.24, 2.45) is 4.99 Å². The van der Waals surface area contributed by atoms with Crippen molar-refractivity contribution >= 4 is 52.9 Å². The second-order valence-corrected chi connectivity index (χ2v) is 6.70. The Bertz CT molecular complexity index is 703. The van der Waals surface area contributed by atoms with Crippen molar-refractivity contribution < 1.29 is 4.79 Å². The molecule has 2 aromatic rings. The molecule has 0 spiro atoms. The van der Waals surface area contributed by atoms with Crippen molar-refractivity contribution in [1.82, 2.24) is 10.6 Å². The number of anilines is 1. The molecule has 1 heterocycles. The number of hydrogen-bond donors (Lipinski definition) is 3. The first-order chi connectivity index (χ1) is 12.1. The van der Waals surface area contributed by atoms with E-state index < -0.39 is 0 Å². The maximum atomic E-state index is 11.2. The average Bonchev–Trinajstić information content (AvgIpc) is 3.11. The molecule has 26 heavy (non-hydrogen) atoms. The molecule has 2 rings (SSSR count). The van der Waals surface area contributed by atoms with Crippen LogP contribution in [0.15, 0.2) is 46.1 Å². The van der Waals surface area contributed by atoms with Crippen molar-refractivity contribution in [2.75, 3.05) is 18.4 Å². The van der Waals surface area contributed by atoms with Crippen LogP contribution in [0.5, 0.6) is 0 Å². The standard InChI is InChI=1S/C19H26N4OS.HI/c1-4-20-19(21-11-14(2)17-8-9-25-13-17)22-12-16-6-5-7-18(10-16)23-15(3)24;/h5-10,13-14H,4,11-12H2,1-3H3,(H,23,24)(H2,20,21,22);1H. The Kier molecular flexibility index (Phi) is 10.3. The predicted molar refractivity (Wildman–Crippen MR) is 122 cm³/mol. The highest BCUT2D eigenvalue weighted by atomic mass is 127. The molecule has 0 aliphatic carbocycles. The van der Waals surface area contributed by atoms with Gasteiger partial charge in [-0.25, -0.2) is 4.99 Å². The number of hydrogen-bond acceptors (Lipinski definition) is 3. The number of nitrogens with one attached hydrogen (secondary N) is 3. The first-order valence-electron chi connectivity index (χ1n) is 8.49. The molecule has 1 atom stereocenters. The smallest absolute Gasteiger partial charge is 0.221 e. The summed E-state index contributed by atoms with van der Waals surface area (Å²) in [6.07, 6.45) is 0. The lowest BCUT2D eigenvalue weighted by Crippen LogP contribution is -2.39. The van der Waals surface area contributed by atoms with Gasteiger partial charge < -0.3 is 16.0 Å². The van der Waals surface area contributed by atoms with Crippen LogP contribution in [0.1, 0.15) is 37.8 Å². The van der Waals surface area contributed by atoms with Crippen LogP contribution >= 0.6 is 35.3 Å². The van der Waals surface area contributed by atoms with E-state index in [2.05, 4.69) is 51.6 Å². The third kappa shape index (κ3) is 7.74. The molecule has 0 saturated carbocycles. The van der Waals surface area contributed by atoms with Gasteiger partial charge in [-0.15, -0.1) is 24.0 Å². The summed E-state index contributed by atoms with van der Waals surface area (Å²) in [5.41, 5.74) is 3.19. The molecule has 5 nitrogen and oxygen atoms in total. The van der Waals surface area contributed by atoms with Gasteiger partial charge in [0.05, 0.1) is 6.54 Å². The minimum absolute atomic E-state index is 0. The second-order valence-electron chi connectivity index (χ2n) is 5.92. The van der Waals surface area contributed by atoms with E-state index in [0.29, 0.717) is 12.5 Å². The van der Waals surface area contributed by atoms with Crippen LogP contribution in [-0.4, -0.2) is 25.0 Å². The highest BCUT2D eigenvalue weighted by Gasteiger charge is 2.07. The van der Waals surface area contributed by atoms with Gasteiger partial charge in [-0.1, -0.05) is 19.1 Å². The van der Waals surface area contributed by atoms with E-state index in [1.54, 1.807) is 11.3 Å². The number of carbonyl (C=O) groups excluding carboxylic acids is 1. The average molecular weight is 486 g/mol.